The highest BCUT2D eigenvalue weighted by molar-refractivity contribution is 7.92. The Labute approximate surface area is 285 Å². The third-order valence-electron chi connectivity index (χ3n) is 7.97. The van der Waals surface area contributed by atoms with Crippen molar-refractivity contribution in [3.63, 3.8) is 0 Å². The summed E-state index contributed by atoms with van der Waals surface area (Å²) >= 11 is 0. The van der Waals surface area contributed by atoms with E-state index in [-0.39, 0.29) is 24.2 Å². The number of sulfonamides is 1. The Morgan fingerprint density at radius 1 is 0.959 bits per heavy atom. The van der Waals surface area contributed by atoms with Gasteiger partial charge in [0.25, 0.3) is 15.7 Å². The fraction of sp³-hybridized carbons (Fsp3) is 0.278. The number of hydrogen-bond acceptors (Lipinski definition) is 7. The van der Waals surface area contributed by atoms with Gasteiger partial charge in [-0.3, -0.25) is 24.0 Å². The number of benzene rings is 4. The molecule has 0 spiro atoms. The molecular weight excluding hydrogens is 651 g/mol. The van der Waals surface area contributed by atoms with E-state index < -0.39 is 55.7 Å². The van der Waals surface area contributed by atoms with Gasteiger partial charge in [-0.05, 0) is 66.9 Å². The Morgan fingerprint density at radius 3 is 2.24 bits per heavy atom. The van der Waals surface area contributed by atoms with E-state index in [2.05, 4.69) is 5.32 Å². The molecule has 0 heterocycles. The average molecular weight is 691 g/mol. The minimum atomic E-state index is -4.59. The van der Waals surface area contributed by atoms with Crippen LogP contribution in [0.4, 0.5) is 15.8 Å². The SMILES string of the molecule is CCCCNC(=O)[C@@H](Cc1ccccc1)N(Cc1ccc(F)cc1)C(=O)CN(c1ccc(OC)cc1)S(=O)(=O)c1ccc(C)c([N+](=O)[O-])c1. The number of hydrogen-bond donors (Lipinski definition) is 1. The van der Waals surface area contributed by atoms with Crippen LogP contribution >= 0.6 is 0 Å². The van der Waals surface area contributed by atoms with Crippen molar-refractivity contribution in [1.29, 1.82) is 0 Å². The van der Waals surface area contributed by atoms with Crippen molar-refractivity contribution < 1.29 is 32.1 Å². The van der Waals surface area contributed by atoms with E-state index >= 15 is 0 Å². The van der Waals surface area contributed by atoms with Crippen molar-refractivity contribution in [3.8, 4) is 5.75 Å². The van der Waals surface area contributed by atoms with Gasteiger partial charge < -0.3 is 15.0 Å². The number of unbranched alkanes of at least 4 members (excludes halogenated alkanes) is 1. The quantitative estimate of drug-likeness (QED) is 0.0891. The third kappa shape index (κ3) is 9.41. The lowest BCUT2D eigenvalue weighted by molar-refractivity contribution is -0.385. The number of rotatable bonds is 16. The first-order valence-corrected chi connectivity index (χ1v) is 17.2. The molecule has 0 bridgehead atoms. The van der Waals surface area contributed by atoms with Gasteiger partial charge in [0.1, 0.15) is 24.2 Å². The Kier molecular flexibility index (Phi) is 12.4. The van der Waals surface area contributed by atoms with E-state index in [1.807, 2.05) is 37.3 Å². The number of nitrogens with zero attached hydrogens (tertiary/aromatic N) is 3. The summed E-state index contributed by atoms with van der Waals surface area (Å²) in [5, 5.41) is 14.6. The number of nitro groups is 1. The number of halogens is 1. The highest BCUT2D eigenvalue weighted by atomic mass is 32.2. The lowest BCUT2D eigenvalue weighted by Gasteiger charge is -2.34. The van der Waals surface area contributed by atoms with Crippen LogP contribution in [0.2, 0.25) is 0 Å². The number of nitrogens with one attached hydrogen (secondary N) is 1. The molecule has 0 saturated carbocycles. The second-order valence-electron chi connectivity index (χ2n) is 11.4. The lowest BCUT2D eigenvalue weighted by atomic mass is 10.0. The van der Waals surface area contributed by atoms with Crippen molar-refractivity contribution in [1.82, 2.24) is 10.2 Å². The smallest absolute Gasteiger partial charge is 0.273 e. The molecule has 4 aromatic carbocycles. The highest BCUT2D eigenvalue weighted by Crippen LogP contribution is 2.30. The molecule has 1 N–H and O–H groups in total. The average Bonchev–Trinajstić information content (AvgIpc) is 3.10. The maximum atomic E-state index is 14.5. The van der Waals surface area contributed by atoms with E-state index in [1.54, 1.807) is 0 Å². The third-order valence-corrected chi connectivity index (χ3v) is 9.74. The zero-order valence-electron chi connectivity index (χ0n) is 27.5. The summed E-state index contributed by atoms with van der Waals surface area (Å²) in [5.74, 6) is -1.20. The van der Waals surface area contributed by atoms with Crippen molar-refractivity contribution in [2.45, 2.75) is 50.6 Å². The summed E-state index contributed by atoms with van der Waals surface area (Å²) in [6.07, 6.45) is 1.65. The summed E-state index contributed by atoms with van der Waals surface area (Å²) in [6, 6.07) is 23.0. The Hall–Kier alpha value is -5.30. The number of amides is 2. The van der Waals surface area contributed by atoms with Crippen molar-refractivity contribution in [2.75, 3.05) is 24.5 Å². The molecule has 4 rings (SSSR count). The summed E-state index contributed by atoms with van der Waals surface area (Å²) in [5.41, 5.74) is 1.24. The van der Waals surface area contributed by atoms with Gasteiger partial charge in [0.2, 0.25) is 11.8 Å². The number of carbonyl (C=O) groups excluding carboxylic acids is 2. The maximum absolute atomic E-state index is 14.5. The first-order valence-electron chi connectivity index (χ1n) is 15.7. The normalized spacial score (nSPS) is 11.8. The van der Waals surface area contributed by atoms with E-state index in [4.69, 9.17) is 4.74 Å². The van der Waals surface area contributed by atoms with Crippen LogP contribution in [0, 0.1) is 22.9 Å². The molecule has 0 aliphatic rings. The molecule has 0 aliphatic carbocycles. The second-order valence-corrected chi connectivity index (χ2v) is 13.3. The molecule has 0 radical (unpaired) electrons. The Balaban J connectivity index is 1.82. The number of aryl methyl sites for hydroxylation is 1. The molecule has 4 aromatic rings. The summed E-state index contributed by atoms with van der Waals surface area (Å²) < 4.78 is 48.5. The molecule has 258 valence electrons. The molecule has 13 heteroatoms. The first kappa shape index (κ1) is 36.5. The number of methoxy groups -OCH3 is 1. The zero-order chi connectivity index (χ0) is 35.6. The number of carbonyl (C=O) groups is 2. The molecule has 1 atom stereocenters. The molecule has 0 saturated heterocycles. The summed E-state index contributed by atoms with van der Waals surface area (Å²) in [6.45, 7) is 2.95. The van der Waals surface area contributed by atoms with Crippen molar-refractivity contribution in [3.05, 3.63) is 130 Å². The van der Waals surface area contributed by atoms with E-state index in [0.717, 1.165) is 22.4 Å². The van der Waals surface area contributed by atoms with Crippen molar-refractivity contribution >= 4 is 33.2 Å². The van der Waals surface area contributed by atoms with Gasteiger partial charge in [0.05, 0.1) is 22.6 Å². The van der Waals surface area contributed by atoms with Gasteiger partial charge in [0, 0.05) is 31.1 Å². The van der Waals surface area contributed by atoms with Gasteiger partial charge in [0.15, 0.2) is 0 Å². The fourth-order valence-corrected chi connectivity index (χ4v) is 6.63. The molecule has 0 fully saturated rings. The topological polar surface area (TPSA) is 139 Å². The Morgan fingerprint density at radius 2 is 1.63 bits per heavy atom. The van der Waals surface area contributed by atoms with Crippen molar-refractivity contribution in [2.24, 2.45) is 0 Å². The highest BCUT2D eigenvalue weighted by Gasteiger charge is 2.35. The lowest BCUT2D eigenvalue weighted by Crippen LogP contribution is -2.53. The molecule has 0 unspecified atom stereocenters. The number of nitro benzene ring substituents is 1. The van der Waals surface area contributed by atoms with Crippen LogP contribution in [0.15, 0.2) is 102 Å². The van der Waals surface area contributed by atoms with Gasteiger partial charge in [-0.15, -0.1) is 0 Å². The summed E-state index contributed by atoms with van der Waals surface area (Å²) in [4.78, 5) is 40.3. The van der Waals surface area contributed by atoms with Crippen LogP contribution in [-0.4, -0.2) is 56.3 Å². The number of anilines is 1. The predicted molar refractivity (Wildman–Crippen MR) is 184 cm³/mol. The fourth-order valence-electron chi connectivity index (χ4n) is 5.20. The van der Waals surface area contributed by atoms with Gasteiger partial charge >= 0.3 is 0 Å². The molecule has 2 amide bonds. The van der Waals surface area contributed by atoms with E-state index in [1.165, 1.54) is 79.6 Å². The van der Waals surface area contributed by atoms with Gasteiger partial charge in [-0.2, -0.15) is 0 Å². The maximum Gasteiger partial charge on any atom is 0.273 e. The van der Waals surface area contributed by atoms with Crippen LogP contribution in [0.5, 0.6) is 5.75 Å². The van der Waals surface area contributed by atoms with Crippen LogP contribution < -0.4 is 14.4 Å². The molecule has 0 aromatic heterocycles. The minimum absolute atomic E-state index is 0.0890. The monoisotopic (exact) mass is 690 g/mol. The number of ether oxygens (including phenoxy) is 1. The standard InChI is InChI=1S/C36H39FN4O7S/c1-4-5-21-38-36(43)34(22-27-9-7-6-8-10-27)39(24-28-12-14-29(37)15-13-28)35(42)25-40(30-16-18-31(48-3)19-17-30)49(46,47)32-20-11-26(2)33(23-32)41(44)45/h6-20,23,34H,4-5,21-22,24-25H2,1-3H3,(H,38,43)/t34-/m1/s1. The largest absolute Gasteiger partial charge is 0.497 e. The van der Waals surface area contributed by atoms with Crippen LogP contribution in [0.3, 0.4) is 0 Å². The van der Waals surface area contributed by atoms with Crippen LogP contribution in [-0.2, 0) is 32.6 Å². The van der Waals surface area contributed by atoms with Gasteiger partial charge in [-0.25, -0.2) is 12.8 Å². The zero-order valence-corrected chi connectivity index (χ0v) is 28.4. The van der Waals surface area contributed by atoms with Crippen LogP contribution in [0.25, 0.3) is 0 Å². The molecule has 11 nitrogen and oxygen atoms in total. The Bertz CT molecular complexity index is 1850. The van der Waals surface area contributed by atoms with E-state index in [0.29, 0.717) is 24.3 Å². The molecule has 49 heavy (non-hydrogen) atoms. The minimum Gasteiger partial charge on any atom is -0.497 e. The molecule has 0 aliphatic heterocycles. The molecular formula is C36H39FN4O7S. The van der Waals surface area contributed by atoms with Gasteiger partial charge in [-0.1, -0.05) is 61.9 Å². The first-order chi connectivity index (χ1) is 23.4. The summed E-state index contributed by atoms with van der Waals surface area (Å²) in [7, 11) is -3.14. The predicted octanol–water partition coefficient (Wildman–Crippen LogP) is 5.80. The van der Waals surface area contributed by atoms with E-state index in [9.17, 15) is 32.5 Å². The second kappa shape index (κ2) is 16.7. The van der Waals surface area contributed by atoms with Crippen LogP contribution in [0.1, 0.15) is 36.5 Å².